The second-order valence-electron chi connectivity index (χ2n) is 4.88. The van der Waals surface area contributed by atoms with Gasteiger partial charge in [0.1, 0.15) is 12.3 Å². The van der Waals surface area contributed by atoms with Crippen molar-refractivity contribution in [1.29, 1.82) is 0 Å². The smallest absolute Gasteiger partial charge is 0.404 e. The Kier molecular flexibility index (Phi) is 5.14. The van der Waals surface area contributed by atoms with Crippen molar-refractivity contribution in [3.05, 3.63) is 11.3 Å². The number of rotatable bonds is 5. The molecule has 2 N–H and O–H groups in total. The minimum Gasteiger partial charge on any atom is -0.445 e. The third-order valence-electron chi connectivity index (χ3n) is 3.12. The Morgan fingerprint density at radius 2 is 2.09 bits per heavy atom. The van der Waals surface area contributed by atoms with E-state index in [-0.39, 0.29) is 23.6 Å². The van der Waals surface area contributed by atoms with Crippen LogP contribution in [0.25, 0.3) is 0 Å². The van der Waals surface area contributed by atoms with Gasteiger partial charge in [-0.1, -0.05) is 0 Å². The van der Waals surface area contributed by atoms with Crippen molar-refractivity contribution in [2.75, 3.05) is 12.4 Å². The minimum absolute atomic E-state index is 0.0188. The van der Waals surface area contributed by atoms with Gasteiger partial charge in [-0.15, -0.1) is 11.8 Å². The standard InChI is InChI=1S/C13H16N2O7S/c1-6(16)21-7(2)22-12(18)11-8(4-20-13(14)19)5-23-10-3-9(17)15(10)11/h7,10H,3-5H2,1-2H3,(H2,14,19)/t7?,10-/m1/s1. The molecule has 1 saturated heterocycles. The number of fused-ring (bicyclic) bond motifs is 1. The van der Waals surface area contributed by atoms with Crippen LogP contribution < -0.4 is 5.73 Å². The Morgan fingerprint density at radius 1 is 1.39 bits per heavy atom. The van der Waals surface area contributed by atoms with E-state index >= 15 is 0 Å². The highest BCUT2D eigenvalue weighted by Crippen LogP contribution is 2.40. The lowest BCUT2D eigenvalue weighted by Gasteiger charge is -2.44. The average Bonchev–Trinajstić information content (AvgIpc) is 2.42. The minimum atomic E-state index is -1.10. The van der Waals surface area contributed by atoms with E-state index in [4.69, 9.17) is 19.9 Å². The molecule has 126 valence electrons. The first kappa shape index (κ1) is 17.1. The second kappa shape index (κ2) is 6.90. The Balaban J connectivity index is 2.18. The van der Waals surface area contributed by atoms with E-state index in [0.717, 1.165) is 0 Å². The number of amides is 2. The highest BCUT2D eigenvalue weighted by Gasteiger charge is 2.46. The van der Waals surface area contributed by atoms with Crippen LogP contribution in [0.1, 0.15) is 20.3 Å². The van der Waals surface area contributed by atoms with Crippen LogP contribution in [-0.2, 0) is 28.6 Å². The molecule has 2 aliphatic heterocycles. The molecule has 0 aromatic rings. The van der Waals surface area contributed by atoms with Crippen LogP contribution in [0.15, 0.2) is 11.3 Å². The van der Waals surface area contributed by atoms with Crippen molar-refractivity contribution in [2.45, 2.75) is 31.9 Å². The number of β-lactam (4-membered cyclic amide) rings is 1. The van der Waals surface area contributed by atoms with Gasteiger partial charge in [-0.25, -0.2) is 9.59 Å². The maximum absolute atomic E-state index is 12.3. The van der Waals surface area contributed by atoms with Crippen molar-refractivity contribution >= 4 is 35.7 Å². The molecular formula is C13H16N2O7S. The molecule has 10 heteroatoms. The molecule has 1 unspecified atom stereocenters. The molecule has 1 fully saturated rings. The third-order valence-corrected chi connectivity index (χ3v) is 4.40. The zero-order valence-corrected chi connectivity index (χ0v) is 13.4. The molecule has 0 spiro atoms. The highest BCUT2D eigenvalue weighted by molar-refractivity contribution is 8.00. The van der Waals surface area contributed by atoms with Gasteiger partial charge in [-0.3, -0.25) is 14.5 Å². The van der Waals surface area contributed by atoms with Crippen LogP contribution in [0.4, 0.5) is 4.79 Å². The zero-order valence-electron chi connectivity index (χ0n) is 12.6. The fourth-order valence-electron chi connectivity index (χ4n) is 2.20. The predicted octanol–water partition coefficient (Wildman–Crippen LogP) is 0.0933. The van der Waals surface area contributed by atoms with Gasteiger partial charge in [0.15, 0.2) is 0 Å². The van der Waals surface area contributed by atoms with E-state index in [1.54, 1.807) is 0 Å². The van der Waals surface area contributed by atoms with E-state index in [1.807, 2.05) is 0 Å². The highest BCUT2D eigenvalue weighted by atomic mass is 32.2. The quantitative estimate of drug-likeness (QED) is 0.423. The van der Waals surface area contributed by atoms with E-state index in [9.17, 15) is 19.2 Å². The maximum Gasteiger partial charge on any atom is 0.404 e. The van der Waals surface area contributed by atoms with Gasteiger partial charge in [0, 0.05) is 25.2 Å². The van der Waals surface area contributed by atoms with Crippen LogP contribution in [0.5, 0.6) is 0 Å². The SMILES string of the molecule is CC(=O)OC(C)OC(=O)C1=C(COC(N)=O)CS[C@@H]2CC(=O)N12. The number of nitrogens with two attached hydrogens (primary N) is 1. The Morgan fingerprint density at radius 3 is 2.65 bits per heavy atom. The van der Waals surface area contributed by atoms with Crippen LogP contribution in [0.3, 0.4) is 0 Å². The molecule has 2 heterocycles. The van der Waals surface area contributed by atoms with E-state index < -0.39 is 24.3 Å². The molecule has 2 amide bonds. The molecule has 2 aliphatic rings. The maximum atomic E-state index is 12.3. The second-order valence-corrected chi connectivity index (χ2v) is 6.04. The predicted molar refractivity (Wildman–Crippen MR) is 77.6 cm³/mol. The van der Waals surface area contributed by atoms with Crippen molar-refractivity contribution in [2.24, 2.45) is 5.73 Å². The molecular weight excluding hydrogens is 328 g/mol. The Bertz CT molecular complexity index is 589. The number of nitrogens with zero attached hydrogens (tertiary/aromatic N) is 1. The van der Waals surface area contributed by atoms with Gasteiger partial charge in [0.2, 0.25) is 12.2 Å². The summed E-state index contributed by atoms with van der Waals surface area (Å²) in [7, 11) is 0. The first-order valence-electron chi connectivity index (χ1n) is 6.75. The molecule has 0 aliphatic carbocycles. The van der Waals surface area contributed by atoms with Gasteiger partial charge < -0.3 is 19.9 Å². The zero-order chi connectivity index (χ0) is 17.1. The van der Waals surface area contributed by atoms with Crippen molar-refractivity contribution in [3.8, 4) is 0 Å². The van der Waals surface area contributed by atoms with Gasteiger partial charge in [-0.05, 0) is 0 Å². The number of primary amides is 1. The Labute approximate surface area is 136 Å². The van der Waals surface area contributed by atoms with Gasteiger partial charge in [0.05, 0.1) is 11.8 Å². The number of hydrogen-bond acceptors (Lipinski definition) is 8. The van der Waals surface area contributed by atoms with Gasteiger partial charge >= 0.3 is 18.0 Å². The van der Waals surface area contributed by atoms with Gasteiger partial charge in [0.25, 0.3) is 0 Å². The summed E-state index contributed by atoms with van der Waals surface area (Å²) in [5.41, 5.74) is 5.36. The molecule has 2 atom stereocenters. The van der Waals surface area contributed by atoms with Gasteiger partial charge in [-0.2, -0.15) is 0 Å². The molecule has 0 aromatic heterocycles. The summed E-state index contributed by atoms with van der Waals surface area (Å²) in [6, 6.07) is 0. The van der Waals surface area contributed by atoms with E-state index in [0.29, 0.717) is 17.7 Å². The number of ether oxygens (including phenoxy) is 3. The molecule has 0 saturated carbocycles. The Hall–Kier alpha value is -2.23. The lowest BCUT2D eigenvalue weighted by molar-refractivity contribution is -0.182. The van der Waals surface area contributed by atoms with Crippen molar-refractivity contribution in [1.82, 2.24) is 4.90 Å². The summed E-state index contributed by atoms with van der Waals surface area (Å²) >= 11 is 1.45. The third kappa shape index (κ3) is 3.95. The molecule has 0 bridgehead atoms. The summed E-state index contributed by atoms with van der Waals surface area (Å²) < 4.78 is 14.5. The van der Waals surface area contributed by atoms with Crippen LogP contribution in [0.2, 0.25) is 0 Å². The first-order chi connectivity index (χ1) is 10.8. The molecule has 2 rings (SSSR count). The number of thioether (sulfide) groups is 1. The van der Waals surface area contributed by atoms with Crippen molar-refractivity contribution in [3.63, 3.8) is 0 Å². The molecule has 0 radical (unpaired) electrons. The lowest BCUT2D eigenvalue weighted by Crippen LogP contribution is -2.54. The summed E-state index contributed by atoms with van der Waals surface area (Å²) in [5, 5.41) is -0.147. The van der Waals surface area contributed by atoms with Crippen LogP contribution >= 0.6 is 11.8 Å². The van der Waals surface area contributed by atoms with Crippen LogP contribution in [0, 0.1) is 0 Å². The average molecular weight is 344 g/mol. The summed E-state index contributed by atoms with van der Waals surface area (Å²) in [6.07, 6.45) is -1.76. The summed E-state index contributed by atoms with van der Waals surface area (Å²) in [5.74, 6) is -1.26. The number of carbonyl (C=O) groups is 4. The normalized spacial score (nSPS) is 21.0. The van der Waals surface area contributed by atoms with E-state index in [2.05, 4.69) is 0 Å². The largest absolute Gasteiger partial charge is 0.445 e. The van der Waals surface area contributed by atoms with Crippen LogP contribution in [-0.4, -0.2) is 52.9 Å². The number of esters is 2. The fourth-order valence-corrected chi connectivity index (χ4v) is 3.45. The molecule has 9 nitrogen and oxygen atoms in total. The van der Waals surface area contributed by atoms with E-state index in [1.165, 1.54) is 30.5 Å². The summed E-state index contributed by atoms with van der Waals surface area (Å²) in [4.78, 5) is 47.0. The summed E-state index contributed by atoms with van der Waals surface area (Å²) in [6.45, 7) is 2.35. The molecule has 0 aromatic carbocycles. The first-order valence-corrected chi connectivity index (χ1v) is 7.80. The number of hydrogen-bond donors (Lipinski definition) is 1. The molecule has 23 heavy (non-hydrogen) atoms. The monoisotopic (exact) mass is 344 g/mol. The fraction of sp³-hybridized carbons (Fsp3) is 0.538. The topological polar surface area (TPSA) is 125 Å². The van der Waals surface area contributed by atoms with Crippen molar-refractivity contribution < 1.29 is 33.4 Å². The number of carbonyl (C=O) groups excluding carboxylic acids is 4. The lowest BCUT2D eigenvalue weighted by atomic mass is 10.1.